The van der Waals surface area contributed by atoms with E-state index in [0.29, 0.717) is 6.61 Å². The van der Waals surface area contributed by atoms with Crippen LogP contribution in [0.4, 0.5) is 0 Å². The second-order valence-electron chi connectivity index (χ2n) is 2.96. The summed E-state index contributed by atoms with van der Waals surface area (Å²) in [5, 5.41) is 7.01. The van der Waals surface area contributed by atoms with Gasteiger partial charge in [0.2, 0.25) is 0 Å². The molecule has 0 amide bonds. The van der Waals surface area contributed by atoms with Crippen molar-refractivity contribution >= 4 is 0 Å². The Bertz CT molecular complexity index is 83.0. The zero-order valence-corrected chi connectivity index (χ0v) is 6.06. The number of nitrogens with zero attached hydrogens (tertiary/aromatic N) is 1. The van der Waals surface area contributed by atoms with Gasteiger partial charge in [0.25, 0.3) is 0 Å². The van der Waals surface area contributed by atoms with E-state index >= 15 is 0 Å². The first kappa shape index (κ1) is 7.03. The first-order chi connectivity index (χ1) is 4.33. The molecule has 1 fully saturated rings. The fourth-order valence-electron chi connectivity index (χ4n) is 1.47. The summed E-state index contributed by atoms with van der Waals surface area (Å²) in [6.45, 7) is 3.07. The second kappa shape index (κ2) is 3.18. The molecule has 1 aliphatic heterocycles. The Kier molecular flexibility index (Phi) is 2.49. The fourth-order valence-corrected chi connectivity index (χ4v) is 1.47. The Morgan fingerprint density at radius 3 is 2.89 bits per heavy atom. The van der Waals surface area contributed by atoms with Crippen LogP contribution in [0.1, 0.15) is 12.8 Å². The van der Waals surface area contributed by atoms with Crippen molar-refractivity contribution < 1.29 is 5.11 Å². The van der Waals surface area contributed by atoms with Gasteiger partial charge in [-0.3, -0.25) is 0 Å². The van der Waals surface area contributed by atoms with Gasteiger partial charge in [0, 0.05) is 13.0 Å². The predicted molar refractivity (Wildman–Crippen MR) is 38.7 cm³/mol. The van der Waals surface area contributed by atoms with E-state index in [-0.39, 0.29) is 0 Å². The molecule has 1 rings (SSSR count). The summed E-state index contributed by atoms with van der Waals surface area (Å²) in [5.74, 6) is 0.826. The van der Waals surface area contributed by atoms with Crippen LogP contribution in [-0.2, 0) is 0 Å². The Balaban J connectivity index is 2.14. The maximum atomic E-state index is 7.01. The Morgan fingerprint density at radius 1 is 1.67 bits per heavy atom. The molecule has 0 spiro atoms. The van der Waals surface area contributed by atoms with Crippen molar-refractivity contribution in [1.82, 2.24) is 4.90 Å². The molecular formula is C7H16NO+. The Morgan fingerprint density at radius 2 is 2.44 bits per heavy atom. The highest BCUT2D eigenvalue weighted by Gasteiger charge is 2.18. The van der Waals surface area contributed by atoms with Crippen LogP contribution in [0.15, 0.2) is 0 Å². The molecule has 0 saturated carbocycles. The van der Waals surface area contributed by atoms with Crippen molar-refractivity contribution in [3.8, 4) is 0 Å². The molecule has 0 aliphatic carbocycles. The van der Waals surface area contributed by atoms with Crippen molar-refractivity contribution in [1.29, 1.82) is 0 Å². The Hall–Kier alpha value is -0.0800. The van der Waals surface area contributed by atoms with Gasteiger partial charge in [0.1, 0.15) is 6.61 Å². The molecule has 1 aliphatic rings. The fraction of sp³-hybridized carbons (Fsp3) is 1.00. The zero-order valence-electron chi connectivity index (χ0n) is 6.06. The van der Waals surface area contributed by atoms with Crippen molar-refractivity contribution in [2.75, 3.05) is 26.7 Å². The van der Waals surface area contributed by atoms with Crippen molar-refractivity contribution in [2.45, 2.75) is 12.8 Å². The third-order valence-corrected chi connectivity index (χ3v) is 2.04. The van der Waals surface area contributed by atoms with Crippen LogP contribution >= 0.6 is 0 Å². The lowest BCUT2D eigenvalue weighted by atomic mass is 10.1. The number of rotatable bonds is 2. The average Bonchev–Trinajstić information content (AvgIpc) is 2.17. The summed E-state index contributed by atoms with van der Waals surface area (Å²) < 4.78 is 0. The van der Waals surface area contributed by atoms with Crippen LogP contribution in [0.25, 0.3) is 0 Å². The molecule has 0 aromatic heterocycles. The third kappa shape index (κ3) is 1.95. The van der Waals surface area contributed by atoms with E-state index in [0.717, 1.165) is 12.3 Å². The summed E-state index contributed by atoms with van der Waals surface area (Å²) in [6.07, 6.45) is 2.42. The van der Waals surface area contributed by atoms with Gasteiger partial charge in [-0.15, -0.1) is 0 Å². The normalized spacial score (nSPS) is 29.3. The molecule has 0 radical (unpaired) electrons. The van der Waals surface area contributed by atoms with Gasteiger partial charge in [-0.25, -0.2) is 0 Å². The van der Waals surface area contributed by atoms with Crippen molar-refractivity contribution in [3.63, 3.8) is 0 Å². The molecule has 0 bridgehead atoms. The minimum Gasteiger partial charge on any atom is -0.445 e. The van der Waals surface area contributed by atoms with Crippen LogP contribution in [0.2, 0.25) is 0 Å². The van der Waals surface area contributed by atoms with E-state index in [9.17, 15) is 0 Å². The van der Waals surface area contributed by atoms with Crippen LogP contribution in [0, 0.1) is 5.92 Å². The molecule has 2 nitrogen and oxygen atoms in total. The first-order valence-electron chi connectivity index (χ1n) is 3.66. The maximum absolute atomic E-state index is 7.01. The molecule has 2 heteroatoms. The SMILES string of the molecule is CN1CC[C@H](CC[OH2+])C1. The topological polar surface area (TPSA) is 26.1 Å². The highest BCUT2D eigenvalue weighted by atomic mass is 16.3. The molecule has 1 heterocycles. The number of hydrogen-bond acceptors (Lipinski definition) is 1. The highest BCUT2D eigenvalue weighted by Crippen LogP contribution is 2.16. The lowest BCUT2D eigenvalue weighted by Gasteiger charge is -2.06. The third-order valence-electron chi connectivity index (χ3n) is 2.04. The average molecular weight is 130 g/mol. The van der Waals surface area contributed by atoms with Gasteiger partial charge in [0.15, 0.2) is 0 Å². The van der Waals surface area contributed by atoms with Crippen LogP contribution in [0.5, 0.6) is 0 Å². The van der Waals surface area contributed by atoms with Gasteiger partial charge in [-0.1, -0.05) is 0 Å². The monoisotopic (exact) mass is 130 g/mol. The van der Waals surface area contributed by atoms with E-state index in [1.54, 1.807) is 0 Å². The van der Waals surface area contributed by atoms with E-state index < -0.39 is 0 Å². The Labute approximate surface area is 56.5 Å². The minimum atomic E-state index is 0.610. The summed E-state index contributed by atoms with van der Waals surface area (Å²) >= 11 is 0. The zero-order chi connectivity index (χ0) is 6.69. The lowest BCUT2D eigenvalue weighted by molar-refractivity contribution is 0.256. The van der Waals surface area contributed by atoms with Gasteiger partial charge >= 0.3 is 0 Å². The van der Waals surface area contributed by atoms with Crippen LogP contribution in [-0.4, -0.2) is 36.8 Å². The van der Waals surface area contributed by atoms with E-state index in [2.05, 4.69) is 11.9 Å². The minimum absolute atomic E-state index is 0.610. The highest BCUT2D eigenvalue weighted by molar-refractivity contribution is 4.71. The second-order valence-corrected chi connectivity index (χ2v) is 2.96. The lowest BCUT2D eigenvalue weighted by Crippen LogP contribution is -2.14. The molecule has 0 aromatic rings. The standard InChI is InChI=1S/C7H15NO/c1-8-4-2-7(6-8)3-5-9/h7,9H,2-6H2,1H3/p+1/t7-/m1/s1. The molecule has 0 unspecified atom stereocenters. The van der Waals surface area contributed by atoms with Gasteiger partial charge in [-0.2, -0.15) is 0 Å². The van der Waals surface area contributed by atoms with Gasteiger partial charge in [0.05, 0.1) is 0 Å². The molecule has 1 atom stereocenters. The maximum Gasteiger partial charge on any atom is 0.143 e. The van der Waals surface area contributed by atoms with E-state index in [1.807, 2.05) is 0 Å². The molecule has 2 N–H and O–H groups in total. The number of hydrogen-bond donors (Lipinski definition) is 0. The smallest absolute Gasteiger partial charge is 0.143 e. The van der Waals surface area contributed by atoms with E-state index in [4.69, 9.17) is 5.11 Å². The van der Waals surface area contributed by atoms with Gasteiger partial charge in [-0.05, 0) is 25.9 Å². The first-order valence-corrected chi connectivity index (χ1v) is 3.66. The molecule has 0 aromatic carbocycles. The van der Waals surface area contributed by atoms with Crippen molar-refractivity contribution in [3.05, 3.63) is 0 Å². The van der Waals surface area contributed by atoms with Crippen LogP contribution in [0.3, 0.4) is 0 Å². The molecular weight excluding hydrogens is 114 g/mol. The summed E-state index contributed by atoms with van der Waals surface area (Å²) in [4.78, 5) is 2.35. The summed E-state index contributed by atoms with van der Waals surface area (Å²) in [7, 11) is 2.16. The van der Waals surface area contributed by atoms with Gasteiger partial charge < -0.3 is 10.0 Å². The number of likely N-dealkylation sites (tertiary alicyclic amines) is 1. The summed E-state index contributed by atoms with van der Waals surface area (Å²) in [6, 6.07) is 0. The molecule has 54 valence electrons. The predicted octanol–water partition coefficient (Wildman–Crippen LogP) is 0.0528. The van der Waals surface area contributed by atoms with Crippen molar-refractivity contribution in [2.24, 2.45) is 5.92 Å². The van der Waals surface area contributed by atoms with Crippen LogP contribution < -0.4 is 0 Å². The van der Waals surface area contributed by atoms with E-state index in [1.165, 1.54) is 19.5 Å². The molecule has 1 saturated heterocycles. The summed E-state index contributed by atoms with van der Waals surface area (Å²) in [5.41, 5.74) is 0. The largest absolute Gasteiger partial charge is 0.445 e. The molecule has 9 heavy (non-hydrogen) atoms. The quantitative estimate of drug-likeness (QED) is 0.485.